The number of carbonyl (C=O) groups is 1. The highest BCUT2D eigenvalue weighted by Crippen LogP contribution is 2.27. The molecule has 0 saturated heterocycles. The average Bonchev–Trinajstić information content (AvgIpc) is 2.56. The predicted octanol–water partition coefficient (Wildman–Crippen LogP) is 3.48. The summed E-state index contributed by atoms with van der Waals surface area (Å²) in [6, 6.07) is 15.2. The number of nitrogens with two attached hydrogens (primary N) is 1. The third kappa shape index (κ3) is 4.74. The van der Waals surface area contributed by atoms with E-state index in [1.807, 2.05) is 55.5 Å². The number of hydrogen-bond acceptors (Lipinski definition) is 3. The molecule has 0 radical (unpaired) electrons. The van der Waals surface area contributed by atoms with Crippen molar-refractivity contribution in [3.05, 3.63) is 59.7 Å². The van der Waals surface area contributed by atoms with Gasteiger partial charge in [-0.1, -0.05) is 37.3 Å². The van der Waals surface area contributed by atoms with Crippen LogP contribution in [0.1, 0.15) is 37.4 Å². The molecule has 0 aliphatic rings. The standard InChI is InChI=1S/C19H24N2O2/c1-3-17(16-7-5-6-8-18(16)23-4-2)21-19(22)13-14-9-11-15(20)12-10-14/h5-12,17H,3-4,13,20H2,1-2H3,(H,21,22). The summed E-state index contributed by atoms with van der Waals surface area (Å²) >= 11 is 0. The van der Waals surface area contributed by atoms with Crippen LogP contribution in [0.15, 0.2) is 48.5 Å². The molecule has 4 heteroatoms. The Morgan fingerprint density at radius 3 is 2.48 bits per heavy atom. The van der Waals surface area contributed by atoms with Crippen molar-refractivity contribution in [2.24, 2.45) is 0 Å². The predicted molar refractivity (Wildman–Crippen MR) is 93.3 cm³/mol. The van der Waals surface area contributed by atoms with E-state index in [-0.39, 0.29) is 11.9 Å². The molecule has 0 aliphatic carbocycles. The molecule has 1 amide bonds. The Bertz CT molecular complexity index is 638. The van der Waals surface area contributed by atoms with E-state index >= 15 is 0 Å². The summed E-state index contributed by atoms with van der Waals surface area (Å²) in [6.07, 6.45) is 1.14. The number of anilines is 1. The van der Waals surface area contributed by atoms with Crippen LogP contribution in [0.25, 0.3) is 0 Å². The molecule has 0 spiro atoms. The molecule has 0 bridgehead atoms. The van der Waals surface area contributed by atoms with Crippen molar-refractivity contribution in [3.8, 4) is 5.75 Å². The van der Waals surface area contributed by atoms with E-state index in [0.717, 1.165) is 23.3 Å². The second kappa shape index (κ2) is 8.22. The minimum absolute atomic E-state index is 0.00655. The maximum absolute atomic E-state index is 12.3. The van der Waals surface area contributed by atoms with Crippen LogP contribution in [0.5, 0.6) is 5.75 Å². The molecule has 2 rings (SSSR count). The molecule has 0 saturated carbocycles. The Morgan fingerprint density at radius 2 is 1.83 bits per heavy atom. The first-order valence-corrected chi connectivity index (χ1v) is 7.99. The first-order chi connectivity index (χ1) is 11.1. The number of ether oxygens (including phenoxy) is 1. The topological polar surface area (TPSA) is 64.3 Å². The lowest BCUT2D eigenvalue weighted by atomic mass is 10.0. The summed E-state index contributed by atoms with van der Waals surface area (Å²) in [5, 5.41) is 3.09. The third-order valence-corrected chi connectivity index (χ3v) is 3.68. The minimum atomic E-state index is -0.0565. The fourth-order valence-electron chi connectivity index (χ4n) is 2.52. The van der Waals surface area contributed by atoms with Gasteiger partial charge >= 0.3 is 0 Å². The molecule has 1 atom stereocenters. The fourth-order valence-corrected chi connectivity index (χ4v) is 2.52. The first-order valence-electron chi connectivity index (χ1n) is 7.99. The molecule has 122 valence electrons. The maximum Gasteiger partial charge on any atom is 0.224 e. The van der Waals surface area contributed by atoms with Crippen LogP contribution < -0.4 is 15.8 Å². The molecular formula is C19H24N2O2. The number of rotatable bonds is 7. The van der Waals surface area contributed by atoms with Gasteiger partial charge in [0.05, 0.1) is 19.1 Å². The molecule has 0 aliphatic heterocycles. The van der Waals surface area contributed by atoms with Crippen LogP contribution >= 0.6 is 0 Å². The second-order valence-electron chi connectivity index (χ2n) is 5.42. The van der Waals surface area contributed by atoms with Gasteiger partial charge < -0.3 is 15.8 Å². The smallest absolute Gasteiger partial charge is 0.224 e. The Balaban J connectivity index is 2.07. The van der Waals surface area contributed by atoms with E-state index < -0.39 is 0 Å². The summed E-state index contributed by atoms with van der Waals surface area (Å²) in [6.45, 7) is 4.61. The number of amides is 1. The Morgan fingerprint density at radius 1 is 1.13 bits per heavy atom. The van der Waals surface area contributed by atoms with Crippen molar-refractivity contribution >= 4 is 11.6 Å². The lowest BCUT2D eigenvalue weighted by Crippen LogP contribution is -2.29. The van der Waals surface area contributed by atoms with E-state index in [2.05, 4.69) is 12.2 Å². The van der Waals surface area contributed by atoms with Gasteiger partial charge in [-0.05, 0) is 37.1 Å². The number of carbonyl (C=O) groups excluding carboxylic acids is 1. The Hall–Kier alpha value is -2.49. The van der Waals surface area contributed by atoms with Crippen LogP contribution in [-0.2, 0) is 11.2 Å². The molecule has 2 aromatic rings. The van der Waals surface area contributed by atoms with Crippen LogP contribution in [0.3, 0.4) is 0 Å². The van der Waals surface area contributed by atoms with Gasteiger partial charge in [0.25, 0.3) is 0 Å². The van der Waals surface area contributed by atoms with Crippen molar-refractivity contribution in [1.29, 1.82) is 0 Å². The van der Waals surface area contributed by atoms with Gasteiger partial charge in [-0.3, -0.25) is 4.79 Å². The van der Waals surface area contributed by atoms with E-state index in [1.54, 1.807) is 0 Å². The Kier molecular flexibility index (Phi) is 6.03. The third-order valence-electron chi connectivity index (χ3n) is 3.68. The zero-order valence-electron chi connectivity index (χ0n) is 13.7. The summed E-state index contributed by atoms with van der Waals surface area (Å²) in [7, 11) is 0. The minimum Gasteiger partial charge on any atom is -0.494 e. The number of para-hydroxylation sites is 1. The number of hydrogen-bond donors (Lipinski definition) is 2. The lowest BCUT2D eigenvalue weighted by Gasteiger charge is -2.20. The monoisotopic (exact) mass is 312 g/mol. The van der Waals surface area contributed by atoms with Gasteiger partial charge in [-0.15, -0.1) is 0 Å². The molecule has 0 fully saturated rings. The maximum atomic E-state index is 12.3. The van der Waals surface area contributed by atoms with Gasteiger partial charge in [0.2, 0.25) is 5.91 Å². The van der Waals surface area contributed by atoms with Crippen LogP contribution in [0.4, 0.5) is 5.69 Å². The highest BCUT2D eigenvalue weighted by atomic mass is 16.5. The van der Waals surface area contributed by atoms with Gasteiger partial charge in [0.15, 0.2) is 0 Å². The molecular weight excluding hydrogens is 288 g/mol. The fraction of sp³-hybridized carbons (Fsp3) is 0.316. The van der Waals surface area contributed by atoms with Crippen LogP contribution in [0, 0.1) is 0 Å². The van der Waals surface area contributed by atoms with Crippen LogP contribution in [0.2, 0.25) is 0 Å². The zero-order chi connectivity index (χ0) is 16.7. The molecule has 0 heterocycles. The quantitative estimate of drug-likeness (QED) is 0.769. The molecule has 0 aromatic heterocycles. The molecule has 2 aromatic carbocycles. The summed E-state index contributed by atoms with van der Waals surface area (Å²) in [4.78, 5) is 12.3. The van der Waals surface area contributed by atoms with E-state index in [9.17, 15) is 4.79 Å². The summed E-state index contributed by atoms with van der Waals surface area (Å²) in [5.41, 5.74) is 8.33. The van der Waals surface area contributed by atoms with Crippen molar-refractivity contribution in [3.63, 3.8) is 0 Å². The van der Waals surface area contributed by atoms with E-state index in [1.165, 1.54) is 0 Å². The molecule has 4 nitrogen and oxygen atoms in total. The van der Waals surface area contributed by atoms with Gasteiger partial charge in [-0.2, -0.15) is 0 Å². The highest BCUT2D eigenvalue weighted by Gasteiger charge is 2.16. The summed E-state index contributed by atoms with van der Waals surface area (Å²) < 4.78 is 5.67. The number of nitrogen functional groups attached to an aromatic ring is 1. The van der Waals surface area contributed by atoms with Crippen molar-refractivity contribution < 1.29 is 9.53 Å². The largest absolute Gasteiger partial charge is 0.494 e. The molecule has 23 heavy (non-hydrogen) atoms. The van der Waals surface area contributed by atoms with Gasteiger partial charge in [0.1, 0.15) is 5.75 Å². The molecule has 3 N–H and O–H groups in total. The Labute approximate surface area is 137 Å². The van der Waals surface area contributed by atoms with Crippen molar-refractivity contribution in [1.82, 2.24) is 5.32 Å². The lowest BCUT2D eigenvalue weighted by molar-refractivity contribution is -0.121. The average molecular weight is 312 g/mol. The normalized spacial score (nSPS) is 11.7. The second-order valence-corrected chi connectivity index (χ2v) is 5.42. The van der Waals surface area contributed by atoms with Gasteiger partial charge in [0, 0.05) is 11.3 Å². The molecule has 1 unspecified atom stereocenters. The summed E-state index contributed by atoms with van der Waals surface area (Å²) in [5.74, 6) is 0.822. The number of nitrogens with one attached hydrogen (secondary N) is 1. The number of benzene rings is 2. The first kappa shape index (κ1) is 16.9. The van der Waals surface area contributed by atoms with E-state index in [0.29, 0.717) is 18.7 Å². The van der Waals surface area contributed by atoms with E-state index in [4.69, 9.17) is 10.5 Å². The SMILES string of the molecule is CCOc1ccccc1C(CC)NC(=O)Cc1ccc(N)cc1. The van der Waals surface area contributed by atoms with Crippen LogP contribution in [-0.4, -0.2) is 12.5 Å². The highest BCUT2D eigenvalue weighted by molar-refractivity contribution is 5.79. The van der Waals surface area contributed by atoms with Crippen molar-refractivity contribution in [2.45, 2.75) is 32.7 Å². The zero-order valence-corrected chi connectivity index (χ0v) is 13.7. The van der Waals surface area contributed by atoms with Gasteiger partial charge in [-0.25, -0.2) is 0 Å². The van der Waals surface area contributed by atoms with Crippen molar-refractivity contribution in [2.75, 3.05) is 12.3 Å².